The van der Waals surface area contributed by atoms with Gasteiger partial charge in [0.25, 0.3) is 5.91 Å². The molecule has 0 aromatic heterocycles. The predicted molar refractivity (Wildman–Crippen MR) is 158 cm³/mol. The molecule has 3 aromatic rings. The lowest BCUT2D eigenvalue weighted by atomic mass is 9.95. The van der Waals surface area contributed by atoms with Crippen molar-refractivity contribution in [3.63, 3.8) is 0 Å². The molecule has 1 aliphatic rings. The highest BCUT2D eigenvalue weighted by Crippen LogP contribution is 2.34. The molecule has 0 spiro atoms. The first-order chi connectivity index (χ1) is 19.3. The van der Waals surface area contributed by atoms with Gasteiger partial charge in [0, 0.05) is 17.7 Å². The number of carbonyl (C=O) groups is 2. The minimum Gasteiger partial charge on any atom is -0.490 e. The SMILES string of the molecule is C=C/C=C(\C(=C/C)C(N)=O)c1ccc(CN2CCOc3cc(C(=O)N[C@H](C)c4ccc(C#N)cc4)ccc32)cc1. The van der Waals surface area contributed by atoms with Gasteiger partial charge in [-0.2, -0.15) is 5.26 Å². The Hall–Kier alpha value is -5.09. The minimum absolute atomic E-state index is 0.198. The fourth-order valence-electron chi connectivity index (χ4n) is 4.69. The molecule has 2 amide bonds. The van der Waals surface area contributed by atoms with Gasteiger partial charge in [0.15, 0.2) is 0 Å². The molecule has 3 N–H and O–H groups in total. The molecule has 7 nitrogen and oxygen atoms in total. The first kappa shape index (κ1) is 27.9. The second kappa shape index (κ2) is 12.6. The maximum absolute atomic E-state index is 13.0. The Morgan fingerprint density at radius 2 is 1.82 bits per heavy atom. The quantitative estimate of drug-likeness (QED) is 0.281. The fourth-order valence-corrected chi connectivity index (χ4v) is 4.69. The summed E-state index contributed by atoms with van der Waals surface area (Å²) in [5, 5.41) is 12.0. The number of rotatable bonds is 9. The van der Waals surface area contributed by atoms with Crippen molar-refractivity contribution in [1.82, 2.24) is 5.32 Å². The van der Waals surface area contributed by atoms with Gasteiger partial charge in [-0.25, -0.2) is 0 Å². The summed E-state index contributed by atoms with van der Waals surface area (Å²) in [6, 6.07) is 22.6. The van der Waals surface area contributed by atoms with Gasteiger partial charge in [0.05, 0.1) is 29.9 Å². The molecule has 0 fully saturated rings. The van der Waals surface area contributed by atoms with E-state index in [0.29, 0.717) is 42.1 Å². The molecule has 40 heavy (non-hydrogen) atoms. The number of hydrogen-bond acceptors (Lipinski definition) is 5. The number of amides is 2. The number of benzene rings is 3. The zero-order valence-electron chi connectivity index (χ0n) is 22.7. The molecule has 0 bridgehead atoms. The molecule has 0 saturated carbocycles. The first-order valence-corrected chi connectivity index (χ1v) is 13.1. The highest BCUT2D eigenvalue weighted by molar-refractivity contribution is 6.08. The Morgan fingerprint density at radius 3 is 2.45 bits per heavy atom. The smallest absolute Gasteiger partial charge is 0.251 e. The summed E-state index contributed by atoms with van der Waals surface area (Å²) in [6.07, 6.45) is 5.13. The molecule has 0 radical (unpaired) electrons. The number of carbonyl (C=O) groups excluding carboxylic acids is 2. The molecule has 7 heteroatoms. The molecule has 1 aliphatic heterocycles. The number of hydrogen-bond donors (Lipinski definition) is 2. The van der Waals surface area contributed by atoms with E-state index >= 15 is 0 Å². The van der Waals surface area contributed by atoms with Gasteiger partial charge in [0.2, 0.25) is 5.91 Å². The van der Waals surface area contributed by atoms with Gasteiger partial charge in [0.1, 0.15) is 12.4 Å². The number of primary amides is 1. The van der Waals surface area contributed by atoms with Gasteiger partial charge in [-0.15, -0.1) is 0 Å². The second-order valence-electron chi connectivity index (χ2n) is 9.46. The number of anilines is 1. The number of fused-ring (bicyclic) bond motifs is 1. The standard InChI is InChI=1S/C33H32N4O3/c1-4-6-29(28(5-2)32(35)38)26-13-9-24(10-14-26)21-37-17-18-40-31-19-27(15-16-30(31)37)33(39)36-22(3)25-11-7-23(20-34)8-12-25/h4-16,19,22H,1,17-18,21H2,2-3H3,(H2,35,38)(H,36,39)/b28-5+,29-6-/t22-/m1/s1. The molecule has 4 rings (SSSR count). The molecule has 3 aromatic carbocycles. The largest absolute Gasteiger partial charge is 0.490 e. The lowest BCUT2D eigenvalue weighted by molar-refractivity contribution is -0.114. The third-order valence-electron chi connectivity index (χ3n) is 6.84. The predicted octanol–water partition coefficient (Wildman–Crippen LogP) is 5.45. The van der Waals surface area contributed by atoms with Gasteiger partial charge < -0.3 is 20.7 Å². The Kier molecular flexibility index (Phi) is 8.82. The molecule has 1 atom stereocenters. The third-order valence-corrected chi connectivity index (χ3v) is 6.84. The molecular weight excluding hydrogens is 500 g/mol. The number of allylic oxidation sites excluding steroid dienone is 3. The molecular formula is C33H32N4O3. The van der Waals surface area contributed by atoms with Crippen LogP contribution in [0.25, 0.3) is 5.57 Å². The van der Waals surface area contributed by atoms with Crippen molar-refractivity contribution < 1.29 is 14.3 Å². The van der Waals surface area contributed by atoms with Crippen molar-refractivity contribution in [2.75, 3.05) is 18.1 Å². The van der Waals surface area contributed by atoms with Crippen LogP contribution in [0.15, 0.2) is 97.1 Å². The first-order valence-electron chi connectivity index (χ1n) is 13.1. The topological polar surface area (TPSA) is 108 Å². The summed E-state index contributed by atoms with van der Waals surface area (Å²) in [6.45, 7) is 9.33. The van der Waals surface area contributed by atoms with Gasteiger partial charge in [-0.3, -0.25) is 9.59 Å². The molecule has 202 valence electrons. The van der Waals surface area contributed by atoms with E-state index in [1.807, 2.05) is 49.4 Å². The summed E-state index contributed by atoms with van der Waals surface area (Å²) < 4.78 is 5.92. The van der Waals surface area contributed by atoms with E-state index < -0.39 is 5.91 Å². The highest BCUT2D eigenvalue weighted by atomic mass is 16.5. The summed E-state index contributed by atoms with van der Waals surface area (Å²) >= 11 is 0. The number of ether oxygens (including phenoxy) is 1. The van der Waals surface area contributed by atoms with Crippen molar-refractivity contribution >= 4 is 23.1 Å². The Labute approximate surface area is 234 Å². The Morgan fingerprint density at radius 1 is 1.12 bits per heavy atom. The lowest BCUT2D eigenvalue weighted by Gasteiger charge is -2.31. The van der Waals surface area contributed by atoms with Crippen LogP contribution in [0.3, 0.4) is 0 Å². The van der Waals surface area contributed by atoms with Crippen molar-refractivity contribution in [1.29, 1.82) is 5.26 Å². The van der Waals surface area contributed by atoms with Crippen molar-refractivity contribution in [2.24, 2.45) is 5.73 Å². The molecule has 0 aliphatic carbocycles. The van der Waals surface area contributed by atoms with Crippen molar-refractivity contribution in [3.05, 3.63) is 125 Å². The van der Waals surface area contributed by atoms with Crippen LogP contribution in [0, 0.1) is 11.3 Å². The number of nitrogens with one attached hydrogen (secondary N) is 1. The van der Waals surface area contributed by atoms with Crippen LogP contribution < -0.4 is 20.7 Å². The third kappa shape index (κ3) is 6.30. The van der Waals surface area contributed by atoms with E-state index in [1.165, 1.54) is 0 Å². The normalized spacial score (nSPS) is 13.9. The number of nitriles is 1. The molecule has 0 saturated heterocycles. The van der Waals surface area contributed by atoms with Crippen LogP contribution in [0.4, 0.5) is 5.69 Å². The van der Waals surface area contributed by atoms with E-state index in [0.717, 1.165) is 28.0 Å². The van der Waals surface area contributed by atoms with Crippen LogP contribution in [0.5, 0.6) is 5.75 Å². The zero-order valence-corrected chi connectivity index (χ0v) is 22.7. The number of nitrogens with two attached hydrogens (primary N) is 1. The van der Waals surface area contributed by atoms with Crippen molar-refractivity contribution in [3.8, 4) is 11.8 Å². The van der Waals surface area contributed by atoms with Gasteiger partial charge in [-0.05, 0) is 66.4 Å². The van der Waals surface area contributed by atoms with E-state index in [4.69, 9.17) is 15.7 Å². The average Bonchev–Trinajstić information content (AvgIpc) is 2.97. The summed E-state index contributed by atoms with van der Waals surface area (Å²) in [7, 11) is 0. The second-order valence-corrected chi connectivity index (χ2v) is 9.46. The Balaban J connectivity index is 1.47. The zero-order chi connectivity index (χ0) is 28.6. The van der Waals surface area contributed by atoms with E-state index in [1.54, 1.807) is 49.4 Å². The average molecular weight is 533 g/mol. The van der Waals surface area contributed by atoms with E-state index in [9.17, 15) is 9.59 Å². The lowest BCUT2D eigenvalue weighted by Crippen LogP contribution is -2.32. The molecule has 1 heterocycles. The van der Waals surface area contributed by atoms with Crippen LogP contribution in [0.1, 0.15) is 52.5 Å². The summed E-state index contributed by atoms with van der Waals surface area (Å²) in [5.74, 6) is -0.0193. The minimum atomic E-state index is -0.485. The maximum atomic E-state index is 13.0. The van der Waals surface area contributed by atoms with E-state index in [2.05, 4.69) is 22.9 Å². The van der Waals surface area contributed by atoms with Crippen molar-refractivity contribution in [2.45, 2.75) is 26.4 Å². The fraction of sp³-hybridized carbons (Fsp3) is 0.182. The summed E-state index contributed by atoms with van der Waals surface area (Å²) in [4.78, 5) is 27.1. The van der Waals surface area contributed by atoms with Crippen LogP contribution in [-0.4, -0.2) is 25.0 Å². The Bertz CT molecular complexity index is 1510. The summed E-state index contributed by atoms with van der Waals surface area (Å²) in [5.41, 5.74) is 11.6. The monoisotopic (exact) mass is 532 g/mol. The number of nitrogens with zero attached hydrogens (tertiary/aromatic N) is 2. The van der Waals surface area contributed by atoms with Gasteiger partial charge >= 0.3 is 0 Å². The maximum Gasteiger partial charge on any atom is 0.251 e. The van der Waals surface area contributed by atoms with E-state index in [-0.39, 0.29) is 11.9 Å². The van der Waals surface area contributed by atoms with Crippen LogP contribution in [0.2, 0.25) is 0 Å². The van der Waals surface area contributed by atoms with Crippen LogP contribution in [-0.2, 0) is 11.3 Å². The van der Waals surface area contributed by atoms with Crippen LogP contribution >= 0.6 is 0 Å². The highest BCUT2D eigenvalue weighted by Gasteiger charge is 2.21. The molecule has 0 unspecified atom stereocenters. The van der Waals surface area contributed by atoms with Gasteiger partial charge in [-0.1, -0.05) is 61.2 Å².